The summed E-state index contributed by atoms with van der Waals surface area (Å²) < 4.78 is 40.0. The second-order valence-electron chi connectivity index (χ2n) is 6.85. The Morgan fingerprint density at radius 1 is 0.968 bits per heavy atom. The molecule has 0 radical (unpaired) electrons. The molecule has 0 fully saturated rings. The number of hydrogen-bond donors (Lipinski definition) is 2. The van der Waals surface area contributed by atoms with Gasteiger partial charge < -0.3 is 10.6 Å². The van der Waals surface area contributed by atoms with E-state index in [2.05, 4.69) is 10.6 Å². The lowest BCUT2D eigenvalue weighted by Gasteiger charge is -2.17. The summed E-state index contributed by atoms with van der Waals surface area (Å²) in [6.07, 6.45) is 0. The van der Waals surface area contributed by atoms with Crippen LogP contribution in [0, 0.1) is 12.7 Å². The highest BCUT2D eigenvalue weighted by molar-refractivity contribution is 7.91. The van der Waals surface area contributed by atoms with Crippen molar-refractivity contribution in [3.05, 3.63) is 87.9 Å². The van der Waals surface area contributed by atoms with Crippen LogP contribution in [0.3, 0.4) is 0 Å². The molecule has 2 aromatic carbocycles. The van der Waals surface area contributed by atoms with Crippen LogP contribution < -0.4 is 10.6 Å². The van der Waals surface area contributed by atoms with Gasteiger partial charge in [-0.2, -0.15) is 0 Å². The number of rotatable bonds is 7. The number of carbonyl (C=O) groups excluding carboxylic acids is 2. The number of thiophene rings is 1. The Bertz CT molecular complexity index is 1160. The molecule has 1 aromatic heterocycles. The summed E-state index contributed by atoms with van der Waals surface area (Å²) in [6, 6.07) is 15.7. The molecule has 31 heavy (non-hydrogen) atoms. The number of sulfone groups is 1. The van der Waals surface area contributed by atoms with Gasteiger partial charge in [0.1, 0.15) is 11.1 Å². The molecule has 0 saturated carbocycles. The van der Waals surface area contributed by atoms with Crippen molar-refractivity contribution in [2.24, 2.45) is 0 Å². The van der Waals surface area contributed by atoms with E-state index in [-0.39, 0.29) is 23.5 Å². The third-order valence-corrected chi connectivity index (χ3v) is 7.87. The SMILES string of the molecule is Cc1ccc(S(=O)(=O)[C@@H](CNC(=O)C(=O)NCc2ccccc2F)c2cccs2)cc1. The standard InChI is InChI=1S/C22H21FN2O4S2/c1-15-8-10-17(11-9-15)31(28,29)20(19-7-4-12-30-19)14-25-22(27)21(26)24-13-16-5-2-3-6-18(16)23/h2-12,20H,13-14H2,1H3,(H,24,26)(H,25,27)/t20-/m0/s1. The molecule has 0 aliphatic carbocycles. The summed E-state index contributed by atoms with van der Waals surface area (Å²) in [4.78, 5) is 25.0. The molecule has 2 amide bonds. The van der Waals surface area contributed by atoms with Crippen molar-refractivity contribution in [2.45, 2.75) is 23.6 Å². The number of hydrogen-bond acceptors (Lipinski definition) is 5. The topological polar surface area (TPSA) is 92.3 Å². The van der Waals surface area contributed by atoms with Gasteiger partial charge in [-0.05, 0) is 36.6 Å². The molecule has 3 aromatic rings. The predicted molar refractivity (Wildman–Crippen MR) is 117 cm³/mol. The van der Waals surface area contributed by atoms with Crippen molar-refractivity contribution in [3.63, 3.8) is 0 Å². The lowest BCUT2D eigenvalue weighted by atomic mass is 10.2. The van der Waals surface area contributed by atoms with E-state index >= 15 is 0 Å². The molecule has 1 heterocycles. The average Bonchev–Trinajstić information content (AvgIpc) is 3.27. The molecule has 0 saturated heterocycles. The lowest BCUT2D eigenvalue weighted by Crippen LogP contribution is -2.42. The molecule has 0 unspecified atom stereocenters. The van der Waals surface area contributed by atoms with Crippen LogP contribution in [0.4, 0.5) is 4.39 Å². The molecule has 162 valence electrons. The first-order valence-electron chi connectivity index (χ1n) is 9.42. The van der Waals surface area contributed by atoms with E-state index in [0.29, 0.717) is 4.88 Å². The van der Waals surface area contributed by atoms with Crippen molar-refractivity contribution in [2.75, 3.05) is 6.54 Å². The van der Waals surface area contributed by atoms with Crippen molar-refractivity contribution in [1.29, 1.82) is 0 Å². The maximum atomic E-state index is 13.7. The Hall–Kier alpha value is -3.04. The fourth-order valence-corrected chi connectivity index (χ4v) is 5.68. The van der Waals surface area contributed by atoms with Gasteiger partial charge >= 0.3 is 11.8 Å². The van der Waals surface area contributed by atoms with Gasteiger partial charge in [0.15, 0.2) is 9.84 Å². The number of amides is 2. The van der Waals surface area contributed by atoms with Crippen LogP contribution in [0.1, 0.15) is 21.3 Å². The van der Waals surface area contributed by atoms with Crippen molar-refractivity contribution in [1.82, 2.24) is 10.6 Å². The number of nitrogens with one attached hydrogen (secondary N) is 2. The fraction of sp³-hybridized carbons (Fsp3) is 0.182. The summed E-state index contributed by atoms with van der Waals surface area (Å²) >= 11 is 1.25. The predicted octanol–water partition coefficient (Wildman–Crippen LogP) is 3.14. The van der Waals surface area contributed by atoms with E-state index in [1.165, 1.54) is 41.7 Å². The third-order valence-electron chi connectivity index (χ3n) is 4.64. The van der Waals surface area contributed by atoms with Crippen LogP contribution in [0.15, 0.2) is 70.9 Å². The second-order valence-corrected chi connectivity index (χ2v) is 9.96. The molecule has 0 spiro atoms. The maximum absolute atomic E-state index is 13.7. The lowest BCUT2D eigenvalue weighted by molar-refractivity contribution is -0.139. The van der Waals surface area contributed by atoms with E-state index in [9.17, 15) is 22.4 Å². The van der Waals surface area contributed by atoms with Crippen LogP contribution >= 0.6 is 11.3 Å². The Kier molecular flexibility index (Phi) is 7.19. The molecule has 2 N–H and O–H groups in total. The Morgan fingerprint density at radius 2 is 1.65 bits per heavy atom. The monoisotopic (exact) mass is 460 g/mol. The number of halogens is 1. The van der Waals surface area contributed by atoms with E-state index in [1.807, 2.05) is 6.92 Å². The zero-order chi connectivity index (χ0) is 22.4. The van der Waals surface area contributed by atoms with Gasteiger partial charge in [0.2, 0.25) is 0 Å². The van der Waals surface area contributed by atoms with Crippen LogP contribution in [-0.2, 0) is 26.0 Å². The number of carbonyl (C=O) groups is 2. The average molecular weight is 461 g/mol. The van der Waals surface area contributed by atoms with E-state index in [0.717, 1.165) is 5.56 Å². The van der Waals surface area contributed by atoms with Gasteiger partial charge in [0.05, 0.1) is 4.90 Å². The van der Waals surface area contributed by atoms with E-state index in [1.54, 1.807) is 35.7 Å². The molecular formula is C22H21FN2O4S2. The zero-order valence-corrected chi connectivity index (χ0v) is 18.3. The molecule has 3 rings (SSSR count). The quantitative estimate of drug-likeness (QED) is 0.530. The molecule has 0 aliphatic heterocycles. The first kappa shape index (κ1) is 22.6. The summed E-state index contributed by atoms with van der Waals surface area (Å²) in [5.41, 5.74) is 1.16. The number of aryl methyl sites for hydroxylation is 1. The minimum Gasteiger partial charge on any atom is -0.346 e. The minimum atomic E-state index is -3.81. The molecular weight excluding hydrogens is 439 g/mol. The van der Waals surface area contributed by atoms with Crippen molar-refractivity contribution in [3.8, 4) is 0 Å². The van der Waals surface area contributed by atoms with Gasteiger partial charge in [0, 0.05) is 23.5 Å². The van der Waals surface area contributed by atoms with Crippen LogP contribution in [0.5, 0.6) is 0 Å². The molecule has 0 bridgehead atoms. The summed E-state index contributed by atoms with van der Waals surface area (Å²) in [6.45, 7) is 1.42. The summed E-state index contributed by atoms with van der Waals surface area (Å²) in [5.74, 6) is -2.46. The van der Waals surface area contributed by atoms with Gasteiger partial charge in [-0.25, -0.2) is 12.8 Å². The third kappa shape index (κ3) is 5.56. The highest BCUT2D eigenvalue weighted by atomic mass is 32.2. The van der Waals surface area contributed by atoms with E-state index in [4.69, 9.17) is 0 Å². The van der Waals surface area contributed by atoms with Crippen LogP contribution in [-0.4, -0.2) is 26.8 Å². The zero-order valence-electron chi connectivity index (χ0n) is 16.7. The van der Waals surface area contributed by atoms with Crippen molar-refractivity contribution < 1.29 is 22.4 Å². The van der Waals surface area contributed by atoms with Crippen molar-refractivity contribution >= 4 is 33.0 Å². The summed E-state index contributed by atoms with van der Waals surface area (Å²) in [7, 11) is -3.81. The Labute approximate surface area is 184 Å². The Morgan fingerprint density at radius 3 is 2.29 bits per heavy atom. The normalized spacial score (nSPS) is 12.2. The first-order chi connectivity index (χ1) is 14.8. The van der Waals surface area contributed by atoms with Crippen LogP contribution in [0.25, 0.3) is 0 Å². The smallest absolute Gasteiger partial charge is 0.309 e. The van der Waals surface area contributed by atoms with Gasteiger partial charge in [-0.15, -0.1) is 11.3 Å². The minimum absolute atomic E-state index is 0.134. The highest BCUT2D eigenvalue weighted by Gasteiger charge is 2.31. The fourth-order valence-electron chi connectivity index (χ4n) is 2.89. The van der Waals surface area contributed by atoms with Gasteiger partial charge in [-0.1, -0.05) is 42.0 Å². The number of benzene rings is 2. The first-order valence-corrected chi connectivity index (χ1v) is 11.8. The van der Waals surface area contributed by atoms with Gasteiger partial charge in [-0.3, -0.25) is 9.59 Å². The van der Waals surface area contributed by atoms with E-state index < -0.39 is 32.7 Å². The van der Waals surface area contributed by atoms with Crippen LogP contribution in [0.2, 0.25) is 0 Å². The summed E-state index contributed by atoms with van der Waals surface area (Å²) in [5, 5.41) is 5.43. The largest absolute Gasteiger partial charge is 0.346 e. The second kappa shape index (κ2) is 9.84. The molecule has 1 atom stereocenters. The maximum Gasteiger partial charge on any atom is 0.309 e. The highest BCUT2D eigenvalue weighted by Crippen LogP contribution is 2.31. The Balaban J connectivity index is 1.69. The molecule has 9 heteroatoms. The van der Waals surface area contributed by atoms with Gasteiger partial charge in [0.25, 0.3) is 0 Å². The molecule has 6 nitrogen and oxygen atoms in total. The molecule has 0 aliphatic rings.